The van der Waals surface area contributed by atoms with Crippen molar-refractivity contribution < 1.29 is 27.2 Å². The second-order valence-corrected chi connectivity index (χ2v) is 3.09. The first-order valence-electron chi connectivity index (χ1n) is 4.14. The van der Waals surface area contributed by atoms with Crippen molar-refractivity contribution in [1.82, 2.24) is 0 Å². The van der Waals surface area contributed by atoms with Crippen LogP contribution in [0.25, 0.3) is 0 Å². The molecule has 0 atom stereocenters. The van der Waals surface area contributed by atoms with Crippen molar-refractivity contribution in [2.75, 3.05) is 0 Å². The second-order valence-electron chi connectivity index (χ2n) is 3.09. The van der Waals surface area contributed by atoms with Gasteiger partial charge in [-0.3, -0.25) is 9.59 Å². The van der Waals surface area contributed by atoms with Crippen molar-refractivity contribution in [2.24, 2.45) is 0 Å². The van der Waals surface area contributed by atoms with Gasteiger partial charge in [-0.2, -0.15) is 13.2 Å². The molecule has 86 valence electrons. The number of halogens is 4. The Morgan fingerprint density at radius 2 is 1.88 bits per heavy atom. The molecule has 0 spiro atoms. The molecule has 0 N–H and O–H groups in total. The Labute approximate surface area is 87.9 Å². The molecule has 0 bridgehead atoms. The van der Waals surface area contributed by atoms with Gasteiger partial charge in [0.1, 0.15) is 11.4 Å². The van der Waals surface area contributed by atoms with Crippen LogP contribution in [0.15, 0.2) is 12.1 Å². The van der Waals surface area contributed by atoms with Crippen LogP contribution >= 0.6 is 0 Å². The molecule has 0 aliphatic carbocycles. The highest BCUT2D eigenvalue weighted by molar-refractivity contribution is 5.96. The minimum atomic E-state index is -4.96. The van der Waals surface area contributed by atoms with E-state index in [0.717, 1.165) is 13.0 Å². The maximum Gasteiger partial charge on any atom is 0.419 e. The number of rotatable bonds is 2. The summed E-state index contributed by atoms with van der Waals surface area (Å²) in [7, 11) is 0. The monoisotopic (exact) mass is 234 g/mol. The van der Waals surface area contributed by atoms with Crippen LogP contribution < -0.4 is 0 Å². The van der Waals surface area contributed by atoms with Crippen molar-refractivity contribution in [3.8, 4) is 0 Å². The summed E-state index contributed by atoms with van der Waals surface area (Å²) in [6.07, 6.45) is -5.09. The lowest BCUT2D eigenvalue weighted by Gasteiger charge is -2.11. The molecule has 1 aromatic carbocycles. The van der Waals surface area contributed by atoms with Gasteiger partial charge in [-0.15, -0.1) is 0 Å². The van der Waals surface area contributed by atoms with E-state index in [4.69, 9.17) is 0 Å². The van der Waals surface area contributed by atoms with E-state index in [0.29, 0.717) is 6.07 Å². The fraction of sp³-hybridized carbons (Fsp3) is 0.200. The van der Waals surface area contributed by atoms with E-state index in [1.54, 1.807) is 0 Å². The maximum absolute atomic E-state index is 13.1. The number of aldehydes is 1. The molecule has 6 heteroatoms. The highest BCUT2D eigenvalue weighted by Gasteiger charge is 2.37. The van der Waals surface area contributed by atoms with Gasteiger partial charge in [0.2, 0.25) is 0 Å². The minimum Gasteiger partial charge on any atom is -0.298 e. The largest absolute Gasteiger partial charge is 0.419 e. The molecule has 1 rings (SSSR count). The highest BCUT2D eigenvalue weighted by atomic mass is 19.4. The van der Waals surface area contributed by atoms with Gasteiger partial charge in [0.25, 0.3) is 0 Å². The quantitative estimate of drug-likeness (QED) is 0.448. The molecule has 0 saturated carbocycles. The van der Waals surface area contributed by atoms with Crippen molar-refractivity contribution >= 4 is 12.1 Å². The number of benzene rings is 1. The van der Waals surface area contributed by atoms with Gasteiger partial charge < -0.3 is 0 Å². The Bertz CT molecular complexity index is 449. The lowest BCUT2D eigenvalue weighted by molar-refractivity contribution is -0.140. The Morgan fingerprint density at radius 1 is 1.31 bits per heavy atom. The van der Waals surface area contributed by atoms with Crippen LogP contribution in [0.5, 0.6) is 0 Å². The molecule has 0 aliphatic rings. The number of carbonyl (C=O) groups excluding carboxylic acids is 2. The second kappa shape index (κ2) is 4.03. The lowest BCUT2D eigenvalue weighted by Crippen LogP contribution is -2.13. The predicted octanol–water partition coefficient (Wildman–Crippen LogP) is 2.86. The van der Waals surface area contributed by atoms with Crippen LogP contribution in [0.3, 0.4) is 0 Å². The average molecular weight is 234 g/mol. The van der Waals surface area contributed by atoms with E-state index in [1.807, 2.05) is 0 Å². The number of alkyl halides is 3. The molecule has 0 aliphatic heterocycles. The average Bonchev–Trinajstić information content (AvgIpc) is 2.14. The summed E-state index contributed by atoms with van der Waals surface area (Å²) < 4.78 is 50.2. The number of hydrogen-bond acceptors (Lipinski definition) is 2. The van der Waals surface area contributed by atoms with Gasteiger partial charge in [-0.1, -0.05) is 0 Å². The third-order valence-electron chi connectivity index (χ3n) is 1.94. The number of hydrogen-bond donors (Lipinski definition) is 0. The van der Waals surface area contributed by atoms with Crippen molar-refractivity contribution in [3.05, 3.63) is 34.6 Å². The fourth-order valence-electron chi connectivity index (χ4n) is 1.22. The topological polar surface area (TPSA) is 34.1 Å². The summed E-state index contributed by atoms with van der Waals surface area (Å²) in [5.74, 6) is -2.24. The summed E-state index contributed by atoms with van der Waals surface area (Å²) in [4.78, 5) is 21.3. The SMILES string of the molecule is CC(=O)c1cc(F)c(C(F)(F)F)c(C=O)c1. The Hall–Kier alpha value is -1.72. The Balaban J connectivity index is 3.53. The summed E-state index contributed by atoms with van der Waals surface area (Å²) in [5, 5.41) is 0. The summed E-state index contributed by atoms with van der Waals surface area (Å²) in [6, 6.07) is 1.19. The van der Waals surface area contributed by atoms with Crippen LogP contribution in [0.2, 0.25) is 0 Å². The molecule has 0 heterocycles. The van der Waals surface area contributed by atoms with E-state index in [2.05, 4.69) is 0 Å². The van der Waals surface area contributed by atoms with Crippen molar-refractivity contribution in [2.45, 2.75) is 13.1 Å². The number of ketones is 1. The molecule has 0 aromatic heterocycles. The zero-order valence-corrected chi connectivity index (χ0v) is 8.06. The normalized spacial score (nSPS) is 11.3. The molecule has 0 fully saturated rings. The van der Waals surface area contributed by atoms with Crippen LogP contribution in [-0.2, 0) is 6.18 Å². The molecular weight excluding hydrogens is 228 g/mol. The van der Waals surface area contributed by atoms with Crippen LogP contribution in [0, 0.1) is 5.82 Å². The molecule has 0 radical (unpaired) electrons. The first-order chi connectivity index (χ1) is 7.27. The van der Waals surface area contributed by atoms with Gasteiger partial charge in [0.15, 0.2) is 12.1 Å². The number of carbonyl (C=O) groups is 2. The zero-order chi connectivity index (χ0) is 12.5. The van der Waals surface area contributed by atoms with E-state index < -0.39 is 28.9 Å². The first kappa shape index (κ1) is 12.4. The summed E-state index contributed by atoms with van der Waals surface area (Å²) >= 11 is 0. The van der Waals surface area contributed by atoms with Crippen molar-refractivity contribution in [1.29, 1.82) is 0 Å². The third kappa shape index (κ3) is 2.26. The Kier molecular flexibility index (Phi) is 3.11. The third-order valence-corrected chi connectivity index (χ3v) is 1.94. The van der Waals surface area contributed by atoms with E-state index in [-0.39, 0.29) is 11.8 Å². The number of Topliss-reactive ketones (excluding diaryl/α,β-unsaturated/α-hetero) is 1. The molecule has 0 saturated heterocycles. The van der Waals surface area contributed by atoms with Crippen LogP contribution in [0.1, 0.15) is 33.2 Å². The molecule has 0 amide bonds. The Morgan fingerprint density at radius 3 is 2.25 bits per heavy atom. The van der Waals surface area contributed by atoms with E-state index in [9.17, 15) is 27.2 Å². The van der Waals surface area contributed by atoms with Gasteiger partial charge >= 0.3 is 6.18 Å². The minimum absolute atomic E-state index is 0.127. The van der Waals surface area contributed by atoms with Gasteiger partial charge in [-0.25, -0.2) is 4.39 Å². The summed E-state index contributed by atoms with van der Waals surface area (Å²) in [6.45, 7) is 1.07. The molecule has 1 aromatic rings. The molecule has 16 heavy (non-hydrogen) atoms. The zero-order valence-electron chi connectivity index (χ0n) is 8.06. The van der Waals surface area contributed by atoms with Gasteiger partial charge in [0.05, 0.1) is 0 Å². The standard InChI is InChI=1S/C10H6F4O2/c1-5(16)6-2-7(4-15)9(8(11)3-6)10(12,13)14/h2-4H,1H3. The van der Waals surface area contributed by atoms with Crippen LogP contribution in [0.4, 0.5) is 17.6 Å². The summed E-state index contributed by atoms with van der Waals surface area (Å²) in [5.41, 5.74) is -2.79. The van der Waals surface area contributed by atoms with E-state index >= 15 is 0 Å². The fourth-order valence-corrected chi connectivity index (χ4v) is 1.22. The van der Waals surface area contributed by atoms with Crippen LogP contribution in [-0.4, -0.2) is 12.1 Å². The molecular formula is C10H6F4O2. The van der Waals surface area contributed by atoms with Gasteiger partial charge in [-0.05, 0) is 19.1 Å². The maximum atomic E-state index is 13.1. The van der Waals surface area contributed by atoms with Crippen molar-refractivity contribution in [3.63, 3.8) is 0 Å². The predicted molar refractivity (Wildman–Crippen MR) is 46.8 cm³/mol. The highest BCUT2D eigenvalue weighted by Crippen LogP contribution is 2.34. The lowest BCUT2D eigenvalue weighted by atomic mass is 10.0. The van der Waals surface area contributed by atoms with Gasteiger partial charge in [0, 0.05) is 11.1 Å². The first-order valence-corrected chi connectivity index (χ1v) is 4.14. The molecule has 2 nitrogen and oxygen atoms in total. The molecule has 0 unspecified atom stereocenters. The van der Waals surface area contributed by atoms with E-state index in [1.165, 1.54) is 0 Å². The smallest absolute Gasteiger partial charge is 0.298 e.